The van der Waals surface area contributed by atoms with Crippen LogP contribution in [-0.4, -0.2) is 16.8 Å². The third-order valence-corrected chi connectivity index (χ3v) is 3.51. The minimum absolute atomic E-state index is 0.0886. The summed E-state index contributed by atoms with van der Waals surface area (Å²) < 4.78 is 0.897. The first-order chi connectivity index (χ1) is 11.0. The van der Waals surface area contributed by atoms with Gasteiger partial charge in [-0.05, 0) is 55.5 Å². The quantitative estimate of drug-likeness (QED) is 0.426. The first-order valence-corrected chi connectivity index (χ1v) is 7.58. The topological polar surface area (TPSA) is 78.4 Å². The number of allylic oxidation sites excluding steroid dienone is 2. The van der Waals surface area contributed by atoms with Crippen LogP contribution in [-0.2, 0) is 0 Å². The van der Waals surface area contributed by atoms with E-state index in [9.17, 15) is 14.7 Å². The molecule has 0 saturated heterocycles. The molecule has 0 fully saturated rings. The molecule has 118 valence electrons. The molecule has 0 saturated carbocycles. The maximum Gasteiger partial charge on any atom is 0.269 e. The van der Waals surface area contributed by atoms with Gasteiger partial charge in [0, 0.05) is 27.4 Å². The Kier molecular flexibility index (Phi) is 5.54. The fourth-order valence-corrected chi connectivity index (χ4v) is 2.03. The van der Waals surface area contributed by atoms with Crippen LogP contribution in [0.2, 0.25) is 0 Å². The van der Waals surface area contributed by atoms with Gasteiger partial charge in [-0.15, -0.1) is 0 Å². The molecular formula is C17H15BrN2O3. The van der Waals surface area contributed by atoms with Gasteiger partial charge in [-0.25, -0.2) is 0 Å². The fraction of sp³-hybridized carbons (Fsp3) is 0.0588. The summed E-state index contributed by atoms with van der Waals surface area (Å²) in [5, 5.41) is 9.18. The third kappa shape index (κ3) is 4.96. The number of amides is 1. The first kappa shape index (κ1) is 16.8. The van der Waals surface area contributed by atoms with Gasteiger partial charge in [0.05, 0.1) is 0 Å². The van der Waals surface area contributed by atoms with E-state index in [-0.39, 0.29) is 17.4 Å². The molecule has 5 nitrogen and oxygen atoms in total. The van der Waals surface area contributed by atoms with Crippen LogP contribution in [0.1, 0.15) is 27.6 Å². The molecule has 0 radical (unpaired) electrons. The smallest absolute Gasteiger partial charge is 0.269 e. The number of halogens is 1. The van der Waals surface area contributed by atoms with Crippen molar-refractivity contribution >= 4 is 27.6 Å². The number of ketones is 1. The molecule has 0 atom stereocenters. The summed E-state index contributed by atoms with van der Waals surface area (Å²) in [7, 11) is 0. The van der Waals surface area contributed by atoms with Gasteiger partial charge >= 0.3 is 0 Å². The second kappa shape index (κ2) is 7.60. The molecule has 0 heterocycles. The van der Waals surface area contributed by atoms with Gasteiger partial charge in [-0.1, -0.05) is 15.9 Å². The molecule has 6 heteroatoms. The van der Waals surface area contributed by atoms with E-state index in [1.165, 1.54) is 30.3 Å². The number of hydrazine groups is 1. The van der Waals surface area contributed by atoms with Crippen LogP contribution in [0, 0.1) is 0 Å². The Hall–Kier alpha value is -2.60. The van der Waals surface area contributed by atoms with E-state index in [4.69, 9.17) is 0 Å². The number of aromatic hydroxyl groups is 1. The largest absolute Gasteiger partial charge is 0.508 e. The van der Waals surface area contributed by atoms with Crippen LogP contribution in [0.4, 0.5) is 0 Å². The summed E-state index contributed by atoms with van der Waals surface area (Å²) in [6.45, 7) is 1.67. The second-order valence-corrected chi connectivity index (χ2v) is 5.74. The highest BCUT2D eigenvalue weighted by molar-refractivity contribution is 9.10. The van der Waals surface area contributed by atoms with Gasteiger partial charge < -0.3 is 10.5 Å². The number of hydrogen-bond donors (Lipinski definition) is 3. The van der Waals surface area contributed by atoms with Crippen molar-refractivity contribution in [2.24, 2.45) is 0 Å². The first-order valence-electron chi connectivity index (χ1n) is 6.79. The van der Waals surface area contributed by atoms with Gasteiger partial charge in [0.1, 0.15) is 5.75 Å². The summed E-state index contributed by atoms with van der Waals surface area (Å²) in [5.74, 6) is -0.444. The Balaban J connectivity index is 1.94. The summed E-state index contributed by atoms with van der Waals surface area (Å²) in [6.07, 6.45) is 1.40. The van der Waals surface area contributed by atoms with Gasteiger partial charge in [-0.2, -0.15) is 0 Å². The van der Waals surface area contributed by atoms with Gasteiger partial charge in [0.15, 0.2) is 5.78 Å². The number of nitrogens with one attached hydrogen (secondary N) is 2. The van der Waals surface area contributed by atoms with E-state index in [0.29, 0.717) is 16.8 Å². The standard InChI is InChI=1S/C17H15BrN2O3/c1-11(10-16(22)12-2-6-14(18)7-3-12)19-20-17(23)13-4-8-15(21)9-5-13/h2-10,19,21H,1H3,(H,20,23). The lowest BCUT2D eigenvalue weighted by Gasteiger charge is -2.08. The number of phenols is 1. The molecule has 2 aromatic rings. The minimum Gasteiger partial charge on any atom is -0.508 e. The van der Waals surface area contributed by atoms with Crippen LogP contribution in [0.5, 0.6) is 5.75 Å². The maximum absolute atomic E-state index is 12.0. The molecule has 2 rings (SSSR count). The molecule has 0 unspecified atom stereocenters. The van der Waals surface area contributed by atoms with Crippen LogP contribution in [0.25, 0.3) is 0 Å². The van der Waals surface area contributed by atoms with Crippen molar-refractivity contribution in [3.63, 3.8) is 0 Å². The van der Waals surface area contributed by atoms with Crippen LogP contribution < -0.4 is 10.9 Å². The van der Waals surface area contributed by atoms with Crippen LogP contribution >= 0.6 is 15.9 Å². The van der Waals surface area contributed by atoms with Crippen molar-refractivity contribution in [1.29, 1.82) is 0 Å². The van der Waals surface area contributed by atoms with E-state index in [1.54, 1.807) is 31.2 Å². The Morgan fingerprint density at radius 2 is 1.52 bits per heavy atom. The SMILES string of the molecule is CC(=CC(=O)c1ccc(Br)cc1)NNC(=O)c1ccc(O)cc1. The molecule has 2 aromatic carbocycles. The molecule has 0 spiro atoms. The van der Waals surface area contributed by atoms with Gasteiger partial charge in [0.2, 0.25) is 0 Å². The van der Waals surface area contributed by atoms with E-state index in [2.05, 4.69) is 26.8 Å². The van der Waals surface area contributed by atoms with Crippen molar-refractivity contribution in [1.82, 2.24) is 10.9 Å². The molecule has 1 amide bonds. The highest BCUT2D eigenvalue weighted by Crippen LogP contribution is 2.12. The maximum atomic E-state index is 12.0. The zero-order chi connectivity index (χ0) is 16.8. The average molecular weight is 375 g/mol. The lowest BCUT2D eigenvalue weighted by Crippen LogP contribution is -2.36. The van der Waals surface area contributed by atoms with Gasteiger partial charge in [0.25, 0.3) is 5.91 Å². The molecule has 0 aliphatic rings. The summed E-state index contributed by atoms with van der Waals surface area (Å²) in [6, 6.07) is 12.9. The summed E-state index contributed by atoms with van der Waals surface area (Å²) in [5.41, 5.74) is 6.61. The number of carbonyl (C=O) groups excluding carboxylic acids is 2. The lowest BCUT2D eigenvalue weighted by atomic mass is 10.1. The van der Waals surface area contributed by atoms with Crippen molar-refractivity contribution in [3.8, 4) is 5.75 Å². The van der Waals surface area contributed by atoms with E-state index >= 15 is 0 Å². The Bertz CT molecular complexity index is 737. The van der Waals surface area contributed by atoms with Crippen LogP contribution in [0.15, 0.2) is 64.8 Å². The second-order valence-electron chi connectivity index (χ2n) is 4.82. The van der Waals surface area contributed by atoms with E-state index in [0.717, 1.165) is 4.47 Å². The number of benzene rings is 2. The Labute approximate surface area is 142 Å². The number of rotatable bonds is 5. The van der Waals surface area contributed by atoms with Crippen molar-refractivity contribution in [2.75, 3.05) is 0 Å². The number of hydrogen-bond acceptors (Lipinski definition) is 4. The van der Waals surface area contributed by atoms with Crippen LogP contribution in [0.3, 0.4) is 0 Å². The van der Waals surface area contributed by atoms with E-state index < -0.39 is 0 Å². The highest BCUT2D eigenvalue weighted by atomic mass is 79.9. The lowest BCUT2D eigenvalue weighted by molar-refractivity contribution is 0.0936. The Morgan fingerprint density at radius 3 is 2.13 bits per heavy atom. The molecule has 0 aliphatic heterocycles. The van der Waals surface area contributed by atoms with E-state index in [1.807, 2.05) is 0 Å². The fourth-order valence-electron chi connectivity index (χ4n) is 1.77. The molecule has 23 heavy (non-hydrogen) atoms. The van der Waals surface area contributed by atoms with Crippen molar-refractivity contribution in [3.05, 3.63) is 75.9 Å². The predicted octanol–water partition coefficient (Wildman–Crippen LogP) is 3.18. The normalized spacial score (nSPS) is 11.0. The third-order valence-electron chi connectivity index (χ3n) is 2.98. The average Bonchev–Trinajstić information content (AvgIpc) is 2.54. The summed E-state index contributed by atoms with van der Waals surface area (Å²) >= 11 is 3.31. The zero-order valence-corrected chi connectivity index (χ0v) is 13.9. The molecule has 0 bridgehead atoms. The van der Waals surface area contributed by atoms with Crippen molar-refractivity contribution < 1.29 is 14.7 Å². The predicted molar refractivity (Wildman–Crippen MR) is 90.9 cm³/mol. The highest BCUT2D eigenvalue weighted by Gasteiger charge is 2.06. The molecule has 3 N–H and O–H groups in total. The number of phenolic OH excluding ortho intramolecular Hbond substituents is 1. The Morgan fingerprint density at radius 1 is 0.957 bits per heavy atom. The number of carbonyl (C=O) groups is 2. The monoisotopic (exact) mass is 374 g/mol. The molecule has 0 aliphatic carbocycles. The molecule has 0 aromatic heterocycles. The summed E-state index contributed by atoms with van der Waals surface area (Å²) in [4.78, 5) is 23.9. The molecular weight excluding hydrogens is 360 g/mol. The minimum atomic E-state index is -0.367. The van der Waals surface area contributed by atoms with Gasteiger partial charge in [-0.3, -0.25) is 15.0 Å². The van der Waals surface area contributed by atoms with Crippen molar-refractivity contribution in [2.45, 2.75) is 6.92 Å². The zero-order valence-electron chi connectivity index (χ0n) is 12.3.